The van der Waals surface area contributed by atoms with E-state index in [2.05, 4.69) is 14.9 Å². The van der Waals surface area contributed by atoms with Gasteiger partial charge in [0, 0.05) is 11.6 Å². The molecular formula is C20H16F2N2O4. The van der Waals surface area contributed by atoms with E-state index in [0.29, 0.717) is 11.5 Å². The van der Waals surface area contributed by atoms with Gasteiger partial charge in [-0.05, 0) is 42.8 Å². The Labute approximate surface area is 159 Å². The third-order valence-electron chi connectivity index (χ3n) is 3.62. The molecule has 0 saturated carbocycles. The third kappa shape index (κ3) is 5.23. The molecule has 28 heavy (non-hydrogen) atoms. The second-order valence-corrected chi connectivity index (χ2v) is 5.67. The average molecular weight is 386 g/mol. The van der Waals surface area contributed by atoms with Crippen molar-refractivity contribution in [2.24, 2.45) is 0 Å². The number of halogens is 2. The number of rotatable bonds is 7. The largest absolute Gasteiger partial charge is 0.449 e. The van der Waals surface area contributed by atoms with E-state index in [-0.39, 0.29) is 11.6 Å². The Morgan fingerprint density at radius 3 is 2.46 bits per heavy atom. The predicted octanol–water partition coefficient (Wildman–Crippen LogP) is 4.66. The van der Waals surface area contributed by atoms with E-state index in [4.69, 9.17) is 9.15 Å². The quantitative estimate of drug-likeness (QED) is 0.434. The summed E-state index contributed by atoms with van der Waals surface area (Å²) in [5.74, 6) is -0.0666. The first-order chi connectivity index (χ1) is 13.5. The van der Waals surface area contributed by atoms with E-state index in [9.17, 15) is 13.6 Å². The molecule has 0 radical (unpaired) electrons. The van der Waals surface area contributed by atoms with Crippen LogP contribution >= 0.6 is 0 Å². The molecule has 1 heterocycles. The number of hydrogen-bond donors (Lipinski definition) is 0. The molecule has 0 aliphatic rings. The molecule has 0 unspecified atom stereocenters. The van der Waals surface area contributed by atoms with Gasteiger partial charge >= 0.3 is 12.6 Å². The molecule has 0 fully saturated rings. The molecule has 1 aromatic heterocycles. The van der Waals surface area contributed by atoms with Gasteiger partial charge in [0.15, 0.2) is 6.10 Å². The lowest BCUT2D eigenvalue weighted by molar-refractivity contribution is -0.143. The van der Waals surface area contributed by atoms with Crippen LogP contribution in [0.25, 0.3) is 17.5 Å². The summed E-state index contributed by atoms with van der Waals surface area (Å²) in [5, 5.41) is 7.85. The first kappa shape index (κ1) is 19.2. The summed E-state index contributed by atoms with van der Waals surface area (Å²) >= 11 is 0. The van der Waals surface area contributed by atoms with E-state index in [1.165, 1.54) is 36.4 Å². The first-order valence-electron chi connectivity index (χ1n) is 8.33. The normalized spacial score (nSPS) is 12.3. The summed E-state index contributed by atoms with van der Waals surface area (Å²) in [6.07, 6.45) is 1.97. The van der Waals surface area contributed by atoms with Crippen LogP contribution in [0.2, 0.25) is 0 Å². The maximum Gasteiger partial charge on any atom is 0.387 e. The molecule has 3 aromatic rings. The summed E-state index contributed by atoms with van der Waals surface area (Å²) in [4.78, 5) is 12.0. The summed E-state index contributed by atoms with van der Waals surface area (Å²) in [6.45, 7) is -1.27. The van der Waals surface area contributed by atoms with Crippen molar-refractivity contribution >= 4 is 12.0 Å². The maximum atomic E-state index is 12.1. The maximum absolute atomic E-state index is 12.1. The molecule has 0 saturated heterocycles. The zero-order valence-electron chi connectivity index (χ0n) is 14.8. The van der Waals surface area contributed by atoms with Crippen molar-refractivity contribution in [2.45, 2.75) is 19.6 Å². The average Bonchev–Trinajstić information content (AvgIpc) is 3.18. The Balaban J connectivity index is 1.57. The Bertz CT molecular complexity index is 940. The van der Waals surface area contributed by atoms with Crippen molar-refractivity contribution < 1.29 is 27.5 Å². The standard InChI is InChI=1S/C20H16F2N2O4/c1-13(18-23-24-19(28-18)15-5-3-2-4-6-15)26-17(25)12-9-14-7-10-16(11-8-14)27-20(21)22/h2-13,20H,1H3/b12-9+/t13-/m0/s1. The molecule has 0 spiro atoms. The number of aromatic nitrogens is 2. The van der Waals surface area contributed by atoms with E-state index in [1.807, 2.05) is 30.3 Å². The number of nitrogens with zero attached hydrogens (tertiary/aromatic N) is 2. The van der Waals surface area contributed by atoms with E-state index >= 15 is 0 Å². The van der Waals surface area contributed by atoms with Crippen molar-refractivity contribution in [2.75, 3.05) is 0 Å². The van der Waals surface area contributed by atoms with Crippen molar-refractivity contribution in [3.8, 4) is 17.2 Å². The van der Waals surface area contributed by atoms with Gasteiger partial charge in [-0.25, -0.2) is 4.79 Å². The highest BCUT2D eigenvalue weighted by Gasteiger charge is 2.18. The monoisotopic (exact) mass is 386 g/mol. The highest BCUT2D eigenvalue weighted by atomic mass is 19.3. The fourth-order valence-electron chi connectivity index (χ4n) is 2.28. The summed E-state index contributed by atoms with van der Waals surface area (Å²) in [6, 6.07) is 15.1. The zero-order chi connectivity index (χ0) is 19.9. The number of carbonyl (C=O) groups excluding carboxylic acids is 1. The Kier molecular flexibility index (Phi) is 6.11. The van der Waals surface area contributed by atoms with Gasteiger partial charge in [0.25, 0.3) is 5.89 Å². The van der Waals surface area contributed by atoms with Gasteiger partial charge in [-0.3, -0.25) is 0 Å². The summed E-state index contributed by atoms with van der Waals surface area (Å²) < 4.78 is 39.3. The van der Waals surface area contributed by atoms with Gasteiger partial charge in [-0.15, -0.1) is 10.2 Å². The van der Waals surface area contributed by atoms with Crippen LogP contribution in [0.1, 0.15) is 24.5 Å². The van der Waals surface area contributed by atoms with Crippen molar-refractivity contribution in [3.05, 3.63) is 72.1 Å². The van der Waals surface area contributed by atoms with Gasteiger partial charge in [-0.1, -0.05) is 30.3 Å². The first-order valence-corrected chi connectivity index (χ1v) is 8.33. The van der Waals surface area contributed by atoms with Crippen LogP contribution in [0.4, 0.5) is 8.78 Å². The number of esters is 1. The SMILES string of the molecule is C[C@H](OC(=O)/C=C/c1ccc(OC(F)F)cc1)c1nnc(-c2ccccc2)o1. The molecule has 8 heteroatoms. The molecule has 0 aliphatic carbocycles. The topological polar surface area (TPSA) is 74.5 Å². The Hall–Kier alpha value is -3.55. The van der Waals surface area contributed by atoms with E-state index < -0.39 is 18.7 Å². The second kappa shape index (κ2) is 8.90. The van der Waals surface area contributed by atoms with Crippen LogP contribution in [-0.4, -0.2) is 22.8 Å². The minimum absolute atomic E-state index is 0.0361. The van der Waals surface area contributed by atoms with Gasteiger partial charge in [0.05, 0.1) is 0 Å². The van der Waals surface area contributed by atoms with Gasteiger partial charge < -0.3 is 13.9 Å². The molecule has 0 aliphatic heterocycles. The Morgan fingerprint density at radius 2 is 1.79 bits per heavy atom. The highest BCUT2D eigenvalue weighted by Crippen LogP contribution is 2.22. The van der Waals surface area contributed by atoms with Gasteiger partial charge in [-0.2, -0.15) is 8.78 Å². The molecule has 0 bridgehead atoms. The fraction of sp³-hybridized carbons (Fsp3) is 0.150. The number of ether oxygens (including phenoxy) is 2. The number of alkyl halides is 2. The smallest absolute Gasteiger partial charge is 0.387 e. The molecule has 6 nitrogen and oxygen atoms in total. The number of hydrogen-bond acceptors (Lipinski definition) is 6. The third-order valence-corrected chi connectivity index (χ3v) is 3.62. The molecule has 1 atom stereocenters. The minimum Gasteiger partial charge on any atom is -0.449 e. The lowest BCUT2D eigenvalue weighted by Crippen LogP contribution is -2.06. The minimum atomic E-state index is -2.88. The van der Waals surface area contributed by atoms with Crippen LogP contribution in [-0.2, 0) is 9.53 Å². The van der Waals surface area contributed by atoms with E-state index in [1.54, 1.807) is 6.92 Å². The summed E-state index contributed by atoms with van der Waals surface area (Å²) in [7, 11) is 0. The lowest BCUT2D eigenvalue weighted by atomic mass is 10.2. The molecule has 3 rings (SSSR count). The highest BCUT2D eigenvalue weighted by molar-refractivity contribution is 5.87. The molecular weight excluding hydrogens is 370 g/mol. The molecule has 0 N–H and O–H groups in total. The second-order valence-electron chi connectivity index (χ2n) is 5.67. The predicted molar refractivity (Wildman–Crippen MR) is 96.3 cm³/mol. The fourth-order valence-corrected chi connectivity index (χ4v) is 2.28. The van der Waals surface area contributed by atoms with Crippen LogP contribution in [0.3, 0.4) is 0 Å². The van der Waals surface area contributed by atoms with Crippen LogP contribution < -0.4 is 4.74 Å². The molecule has 144 valence electrons. The lowest BCUT2D eigenvalue weighted by Gasteiger charge is -2.07. The van der Waals surface area contributed by atoms with E-state index in [0.717, 1.165) is 5.56 Å². The van der Waals surface area contributed by atoms with Crippen molar-refractivity contribution in [1.82, 2.24) is 10.2 Å². The Morgan fingerprint density at radius 1 is 1.07 bits per heavy atom. The molecule has 0 amide bonds. The van der Waals surface area contributed by atoms with Crippen molar-refractivity contribution in [3.63, 3.8) is 0 Å². The zero-order valence-corrected chi connectivity index (χ0v) is 14.8. The number of benzene rings is 2. The van der Waals surface area contributed by atoms with Crippen LogP contribution in [0, 0.1) is 0 Å². The molecule has 2 aromatic carbocycles. The summed E-state index contributed by atoms with van der Waals surface area (Å²) in [5.41, 5.74) is 1.38. The van der Waals surface area contributed by atoms with Crippen LogP contribution in [0.15, 0.2) is 65.1 Å². The number of carbonyl (C=O) groups is 1. The van der Waals surface area contributed by atoms with Crippen LogP contribution in [0.5, 0.6) is 5.75 Å². The van der Waals surface area contributed by atoms with Gasteiger partial charge in [0.2, 0.25) is 5.89 Å². The van der Waals surface area contributed by atoms with Crippen molar-refractivity contribution in [1.29, 1.82) is 0 Å². The van der Waals surface area contributed by atoms with Gasteiger partial charge in [0.1, 0.15) is 5.75 Å².